The molecule has 0 radical (unpaired) electrons. The first kappa shape index (κ1) is 17.2. The Morgan fingerprint density at radius 3 is 2.55 bits per heavy atom. The Kier molecular flexibility index (Phi) is 8.52. The average Bonchev–Trinajstić information content (AvgIpc) is 2.42. The minimum absolute atomic E-state index is 0.477. The molecule has 0 spiro atoms. The Bertz CT molecular complexity index is 381. The number of hydrogen-bond donors (Lipinski definition) is 1. The third kappa shape index (κ3) is 6.51. The fourth-order valence-electron chi connectivity index (χ4n) is 2.27. The van der Waals surface area contributed by atoms with E-state index in [0.717, 1.165) is 11.4 Å². The Morgan fingerprint density at radius 1 is 1.15 bits per heavy atom. The lowest BCUT2D eigenvalue weighted by Crippen LogP contribution is -2.14. The topological polar surface area (TPSA) is 21.3 Å². The van der Waals surface area contributed by atoms with Crippen molar-refractivity contribution >= 4 is 17.3 Å². The molecule has 0 bridgehead atoms. The van der Waals surface area contributed by atoms with E-state index in [9.17, 15) is 0 Å². The number of benzene rings is 1. The third-order valence-corrected chi connectivity index (χ3v) is 3.68. The molecule has 0 aromatic heterocycles. The van der Waals surface area contributed by atoms with Crippen molar-refractivity contribution in [3.63, 3.8) is 0 Å². The van der Waals surface area contributed by atoms with E-state index in [2.05, 4.69) is 19.2 Å². The molecule has 1 N–H and O–H groups in total. The molecule has 0 fully saturated rings. The zero-order valence-electron chi connectivity index (χ0n) is 13.0. The highest BCUT2D eigenvalue weighted by Crippen LogP contribution is 2.28. The molecule has 114 valence electrons. The van der Waals surface area contributed by atoms with Gasteiger partial charge < -0.3 is 10.1 Å². The average molecular weight is 298 g/mol. The summed E-state index contributed by atoms with van der Waals surface area (Å²) in [5.74, 6) is 0.756. The first-order chi connectivity index (χ1) is 9.67. The second kappa shape index (κ2) is 9.93. The minimum Gasteiger partial charge on any atom is -0.492 e. The molecule has 2 nitrogen and oxygen atoms in total. The molecule has 0 aliphatic heterocycles. The van der Waals surface area contributed by atoms with E-state index in [4.69, 9.17) is 16.3 Å². The van der Waals surface area contributed by atoms with Crippen molar-refractivity contribution in [1.82, 2.24) is 0 Å². The first-order valence-corrected chi connectivity index (χ1v) is 8.24. The number of hydrogen-bond acceptors (Lipinski definition) is 2. The molecule has 0 saturated carbocycles. The van der Waals surface area contributed by atoms with Crippen molar-refractivity contribution in [3.8, 4) is 5.75 Å². The van der Waals surface area contributed by atoms with Crippen LogP contribution in [-0.4, -0.2) is 12.6 Å². The van der Waals surface area contributed by atoms with E-state index in [1.807, 2.05) is 25.1 Å². The van der Waals surface area contributed by atoms with Crippen LogP contribution in [0.2, 0.25) is 5.02 Å². The van der Waals surface area contributed by atoms with Gasteiger partial charge in [-0.2, -0.15) is 0 Å². The van der Waals surface area contributed by atoms with E-state index >= 15 is 0 Å². The quantitative estimate of drug-likeness (QED) is 0.543. The first-order valence-electron chi connectivity index (χ1n) is 7.86. The normalized spacial score (nSPS) is 12.2. The Balaban J connectivity index is 2.34. The molecule has 3 heteroatoms. The maximum Gasteiger partial charge on any atom is 0.138 e. The van der Waals surface area contributed by atoms with E-state index in [1.165, 1.54) is 38.5 Å². The number of rotatable bonds is 10. The summed E-state index contributed by atoms with van der Waals surface area (Å²) >= 11 is 6.19. The van der Waals surface area contributed by atoms with Crippen molar-refractivity contribution < 1.29 is 4.74 Å². The summed E-state index contributed by atoms with van der Waals surface area (Å²) < 4.78 is 5.44. The van der Waals surface area contributed by atoms with Crippen LogP contribution in [-0.2, 0) is 0 Å². The summed E-state index contributed by atoms with van der Waals surface area (Å²) in [7, 11) is 0. The SMILES string of the molecule is CCCCCCCC(C)Nc1ccc(OCC)c(Cl)c1. The molecule has 0 amide bonds. The molecular formula is C17H28ClNO. The largest absolute Gasteiger partial charge is 0.492 e. The molecular weight excluding hydrogens is 270 g/mol. The summed E-state index contributed by atoms with van der Waals surface area (Å²) in [5, 5.41) is 4.18. The van der Waals surface area contributed by atoms with Gasteiger partial charge in [0.15, 0.2) is 0 Å². The Hall–Kier alpha value is -0.890. The van der Waals surface area contributed by atoms with Crippen LogP contribution in [0.3, 0.4) is 0 Å². The minimum atomic E-state index is 0.477. The van der Waals surface area contributed by atoms with Crippen molar-refractivity contribution in [1.29, 1.82) is 0 Å². The van der Waals surface area contributed by atoms with Gasteiger partial charge in [0.05, 0.1) is 11.6 Å². The summed E-state index contributed by atoms with van der Waals surface area (Å²) in [6.45, 7) is 7.08. The predicted octanol–water partition coefficient (Wildman–Crippen LogP) is 5.90. The second-order valence-corrected chi connectivity index (χ2v) is 5.73. The molecule has 0 saturated heterocycles. The summed E-state index contributed by atoms with van der Waals surface area (Å²) in [4.78, 5) is 0. The van der Waals surface area contributed by atoms with Gasteiger partial charge >= 0.3 is 0 Å². The van der Waals surface area contributed by atoms with E-state index in [-0.39, 0.29) is 0 Å². The Morgan fingerprint density at radius 2 is 1.90 bits per heavy atom. The molecule has 1 atom stereocenters. The Labute approximate surface area is 128 Å². The van der Waals surface area contributed by atoms with Crippen LogP contribution in [0.15, 0.2) is 18.2 Å². The molecule has 1 unspecified atom stereocenters. The van der Waals surface area contributed by atoms with Gasteiger partial charge in [0.1, 0.15) is 5.75 Å². The number of nitrogens with one attached hydrogen (secondary N) is 1. The highest BCUT2D eigenvalue weighted by atomic mass is 35.5. The molecule has 0 aliphatic rings. The fourth-order valence-corrected chi connectivity index (χ4v) is 2.51. The van der Waals surface area contributed by atoms with Gasteiger partial charge in [-0.15, -0.1) is 0 Å². The fraction of sp³-hybridized carbons (Fsp3) is 0.647. The van der Waals surface area contributed by atoms with Crippen LogP contribution in [0.25, 0.3) is 0 Å². The number of anilines is 1. The van der Waals surface area contributed by atoms with Crippen molar-refractivity contribution in [2.24, 2.45) is 0 Å². The van der Waals surface area contributed by atoms with Crippen LogP contribution in [0, 0.1) is 0 Å². The van der Waals surface area contributed by atoms with Crippen molar-refractivity contribution in [2.45, 2.75) is 65.3 Å². The lowest BCUT2D eigenvalue weighted by atomic mass is 10.1. The van der Waals surface area contributed by atoms with Crippen molar-refractivity contribution in [2.75, 3.05) is 11.9 Å². The maximum atomic E-state index is 6.19. The zero-order valence-corrected chi connectivity index (χ0v) is 13.8. The van der Waals surface area contributed by atoms with Gasteiger partial charge in [-0.25, -0.2) is 0 Å². The van der Waals surface area contributed by atoms with Gasteiger partial charge in [0, 0.05) is 11.7 Å². The predicted molar refractivity (Wildman–Crippen MR) is 89.1 cm³/mol. The lowest BCUT2D eigenvalue weighted by Gasteiger charge is -2.16. The summed E-state index contributed by atoms with van der Waals surface area (Å²) in [5.41, 5.74) is 1.07. The van der Waals surface area contributed by atoms with Crippen LogP contribution in [0.5, 0.6) is 5.75 Å². The zero-order chi connectivity index (χ0) is 14.8. The second-order valence-electron chi connectivity index (χ2n) is 5.33. The maximum absolute atomic E-state index is 6.19. The molecule has 1 aromatic carbocycles. The number of halogens is 1. The summed E-state index contributed by atoms with van der Waals surface area (Å²) in [6.07, 6.45) is 7.85. The molecule has 0 heterocycles. The van der Waals surface area contributed by atoms with Gasteiger partial charge in [0.2, 0.25) is 0 Å². The van der Waals surface area contributed by atoms with E-state index in [0.29, 0.717) is 17.7 Å². The van der Waals surface area contributed by atoms with Crippen molar-refractivity contribution in [3.05, 3.63) is 23.2 Å². The van der Waals surface area contributed by atoms with Crippen LogP contribution in [0.1, 0.15) is 59.3 Å². The highest BCUT2D eigenvalue weighted by Gasteiger charge is 2.05. The highest BCUT2D eigenvalue weighted by molar-refractivity contribution is 6.32. The molecule has 20 heavy (non-hydrogen) atoms. The smallest absolute Gasteiger partial charge is 0.138 e. The van der Waals surface area contributed by atoms with E-state index in [1.54, 1.807) is 0 Å². The monoisotopic (exact) mass is 297 g/mol. The van der Waals surface area contributed by atoms with E-state index < -0.39 is 0 Å². The lowest BCUT2D eigenvalue weighted by molar-refractivity contribution is 0.340. The van der Waals surface area contributed by atoms with Gasteiger partial charge in [-0.3, -0.25) is 0 Å². The standard InChI is InChI=1S/C17H28ClNO/c1-4-6-7-8-9-10-14(3)19-15-11-12-17(20-5-2)16(18)13-15/h11-14,19H,4-10H2,1-3H3. The molecule has 1 aromatic rings. The van der Waals surface area contributed by atoms with Crippen LogP contribution in [0.4, 0.5) is 5.69 Å². The third-order valence-electron chi connectivity index (χ3n) is 3.39. The summed E-state index contributed by atoms with van der Waals surface area (Å²) in [6, 6.07) is 6.39. The van der Waals surface area contributed by atoms with Crippen LogP contribution < -0.4 is 10.1 Å². The van der Waals surface area contributed by atoms with Gasteiger partial charge in [-0.05, 0) is 38.5 Å². The molecule has 0 aliphatic carbocycles. The number of unbranched alkanes of at least 4 members (excludes halogenated alkanes) is 4. The van der Waals surface area contributed by atoms with Gasteiger partial charge in [0.25, 0.3) is 0 Å². The van der Waals surface area contributed by atoms with Gasteiger partial charge in [-0.1, -0.05) is 50.6 Å². The van der Waals surface area contributed by atoms with Crippen LogP contribution >= 0.6 is 11.6 Å². The molecule has 1 rings (SSSR count). The number of ether oxygens (including phenoxy) is 1.